The lowest BCUT2D eigenvalue weighted by molar-refractivity contribution is -0.205. The number of aromatic nitrogens is 2. The van der Waals surface area contributed by atoms with Gasteiger partial charge in [0.25, 0.3) is 5.91 Å². The molecule has 9 rings (SSSR count). The Morgan fingerprint density at radius 1 is 0.983 bits per heavy atom. The Morgan fingerprint density at radius 2 is 1.67 bits per heavy atom. The van der Waals surface area contributed by atoms with Crippen LogP contribution >= 0.6 is 0 Å². The predicted octanol–water partition coefficient (Wildman–Crippen LogP) is 4.67. The van der Waals surface area contributed by atoms with Gasteiger partial charge in [0.2, 0.25) is 11.8 Å². The van der Waals surface area contributed by atoms with E-state index in [1.165, 1.54) is 23.1 Å². The third kappa shape index (κ3) is 7.45. The number of esters is 1. The highest BCUT2D eigenvalue weighted by Gasteiger charge is 2.71. The smallest absolute Gasteiger partial charge is 0.403 e. The quantitative estimate of drug-likeness (QED) is 0.258. The van der Waals surface area contributed by atoms with E-state index in [0.29, 0.717) is 42.6 Å². The minimum Gasteiger partial charge on any atom is -0.465 e. The van der Waals surface area contributed by atoms with Gasteiger partial charge in [-0.1, -0.05) is 24.3 Å². The van der Waals surface area contributed by atoms with Gasteiger partial charge in [-0.05, 0) is 73.9 Å². The van der Waals surface area contributed by atoms with E-state index < -0.39 is 52.7 Å². The SMILES string of the molecule is COC(=O)c1ccc([C@@H](COCC23CCC(CC2)OC3)NC(=O)C2CN(C(=O)c3cnn(Cc4ccc(C#N)cc4)c3)CC23CN(C(=O)C2(C(F)(F)F)CC2)C3)cc1. The fraction of sp³-hybridized carbons (Fsp3) is 0.524. The molecule has 5 heterocycles. The molecule has 1 unspecified atom stereocenters. The zero-order valence-corrected chi connectivity index (χ0v) is 32.1. The number of methoxy groups -OCH3 is 1. The number of likely N-dealkylation sites (tertiary alicyclic amines) is 2. The van der Waals surface area contributed by atoms with Gasteiger partial charge in [-0.15, -0.1) is 0 Å². The third-order valence-corrected chi connectivity index (χ3v) is 12.9. The topological polar surface area (TPSA) is 156 Å². The van der Waals surface area contributed by atoms with Crippen LogP contribution < -0.4 is 5.32 Å². The molecule has 1 N–H and O–H groups in total. The summed E-state index contributed by atoms with van der Waals surface area (Å²) in [6.45, 7) is 1.26. The molecular weight excluding hydrogens is 757 g/mol. The number of amides is 3. The number of fused-ring (bicyclic) bond motifs is 3. The summed E-state index contributed by atoms with van der Waals surface area (Å²) < 4.78 is 60.8. The van der Waals surface area contributed by atoms with E-state index in [0.717, 1.165) is 31.2 Å². The van der Waals surface area contributed by atoms with Crippen molar-refractivity contribution in [3.8, 4) is 6.07 Å². The van der Waals surface area contributed by atoms with Crippen LogP contribution in [0.1, 0.15) is 82.0 Å². The van der Waals surface area contributed by atoms with Crippen LogP contribution in [0.2, 0.25) is 0 Å². The van der Waals surface area contributed by atoms with Crippen LogP contribution in [0.25, 0.3) is 0 Å². The summed E-state index contributed by atoms with van der Waals surface area (Å²) in [7, 11) is 1.28. The van der Waals surface area contributed by atoms with Crippen LogP contribution in [0.4, 0.5) is 13.2 Å². The molecule has 2 aliphatic carbocycles. The summed E-state index contributed by atoms with van der Waals surface area (Å²) in [5, 5.41) is 16.6. The molecule has 2 aromatic carbocycles. The van der Waals surface area contributed by atoms with Crippen molar-refractivity contribution in [2.24, 2.45) is 22.2 Å². The molecule has 0 radical (unpaired) electrons. The molecule has 13 nitrogen and oxygen atoms in total. The fourth-order valence-corrected chi connectivity index (χ4v) is 9.18. The molecule has 4 aliphatic heterocycles. The average Bonchev–Trinajstić information content (AvgIpc) is 3.77. The van der Waals surface area contributed by atoms with Crippen molar-refractivity contribution < 1.29 is 46.6 Å². The van der Waals surface area contributed by atoms with Crippen LogP contribution in [-0.4, -0.2) is 109 Å². The molecule has 2 bridgehead atoms. The van der Waals surface area contributed by atoms with Crippen LogP contribution in [0.3, 0.4) is 0 Å². The normalized spacial score (nSPS) is 24.5. The number of ether oxygens (including phenoxy) is 3. The van der Waals surface area contributed by atoms with Gasteiger partial charge in [-0.2, -0.15) is 23.5 Å². The van der Waals surface area contributed by atoms with Crippen molar-refractivity contribution in [3.63, 3.8) is 0 Å². The number of nitrogens with one attached hydrogen (secondary N) is 1. The maximum Gasteiger partial charge on any atom is 0.403 e. The molecule has 6 aliphatic rings. The molecule has 2 saturated carbocycles. The van der Waals surface area contributed by atoms with E-state index in [1.807, 2.05) is 0 Å². The second-order valence-electron chi connectivity index (χ2n) is 16.8. The van der Waals surface area contributed by atoms with Crippen LogP contribution in [0.5, 0.6) is 0 Å². The number of carbonyl (C=O) groups excluding carboxylic acids is 4. The van der Waals surface area contributed by atoms with Gasteiger partial charge in [-0.25, -0.2) is 4.79 Å². The number of alkyl halides is 3. The zero-order chi connectivity index (χ0) is 40.9. The Hall–Kier alpha value is -5.27. The van der Waals surface area contributed by atoms with Crippen molar-refractivity contribution in [3.05, 3.63) is 88.7 Å². The first-order valence-corrected chi connectivity index (χ1v) is 19.6. The van der Waals surface area contributed by atoms with Crippen molar-refractivity contribution in [2.45, 2.75) is 63.4 Å². The second kappa shape index (κ2) is 15.2. The first kappa shape index (κ1) is 39.6. The molecule has 1 aromatic heterocycles. The monoisotopic (exact) mass is 802 g/mol. The molecule has 58 heavy (non-hydrogen) atoms. The van der Waals surface area contributed by atoms with Gasteiger partial charge in [-0.3, -0.25) is 19.1 Å². The van der Waals surface area contributed by atoms with E-state index in [9.17, 15) is 32.3 Å². The Bertz CT molecular complexity index is 2080. The number of nitriles is 1. The van der Waals surface area contributed by atoms with Crippen molar-refractivity contribution in [1.29, 1.82) is 5.26 Å². The predicted molar refractivity (Wildman–Crippen MR) is 199 cm³/mol. The lowest BCUT2D eigenvalue weighted by Gasteiger charge is -2.51. The summed E-state index contributed by atoms with van der Waals surface area (Å²) in [4.78, 5) is 56.8. The Labute approximate surface area is 333 Å². The standard InChI is InChI=1S/C42H45F3N6O7/c1-56-37(54)30-8-6-29(7-9-30)34(21-57-25-39-12-10-32(11-13-39)58-26-39)48-35(52)33-20-49(22-40(33)23-50(24-40)38(55)41(14-15-41)42(43,44)45)36(53)31-17-47-51(19-31)18-28-4-2-27(16-46)3-5-28/h2-9,17,19,32-34H,10-15,18,20-26H2,1H3,(H,48,52)/t32?,33?,34-,39?/m1/s1. The lowest BCUT2D eigenvalue weighted by atomic mass is 9.70. The number of hydrogen-bond donors (Lipinski definition) is 1. The molecule has 2 atom stereocenters. The summed E-state index contributed by atoms with van der Waals surface area (Å²) in [5.74, 6) is -3.21. The summed E-state index contributed by atoms with van der Waals surface area (Å²) in [5.41, 5.74) is -0.879. The van der Waals surface area contributed by atoms with E-state index >= 15 is 0 Å². The third-order valence-electron chi connectivity index (χ3n) is 12.9. The van der Waals surface area contributed by atoms with E-state index in [-0.39, 0.29) is 56.6 Å². The number of benzene rings is 2. The highest BCUT2D eigenvalue weighted by molar-refractivity contribution is 5.95. The van der Waals surface area contributed by atoms with Gasteiger partial charge in [0.05, 0.1) is 80.5 Å². The van der Waals surface area contributed by atoms with Gasteiger partial charge < -0.3 is 29.3 Å². The van der Waals surface area contributed by atoms with Crippen LogP contribution in [0.15, 0.2) is 60.9 Å². The number of carbonyl (C=O) groups is 4. The zero-order valence-electron chi connectivity index (χ0n) is 32.1. The summed E-state index contributed by atoms with van der Waals surface area (Å²) >= 11 is 0. The van der Waals surface area contributed by atoms with Gasteiger partial charge in [0, 0.05) is 43.2 Å². The maximum absolute atomic E-state index is 14.5. The Morgan fingerprint density at radius 3 is 2.28 bits per heavy atom. The largest absolute Gasteiger partial charge is 0.465 e. The van der Waals surface area contributed by atoms with Crippen LogP contribution in [0, 0.1) is 33.5 Å². The van der Waals surface area contributed by atoms with Gasteiger partial charge in [0.1, 0.15) is 5.41 Å². The molecule has 3 amide bonds. The average molecular weight is 803 g/mol. The molecule has 3 aromatic rings. The lowest BCUT2D eigenvalue weighted by Crippen LogP contribution is -2.66. The van der Waals surface area contributed by atoms with Crippen molar-refractivity contribution >= 4 is 23.7 Å². The maximum atomic E-state index is 14.5. The number of rotatable bonds is 12. The summed E-state index contributed by atoms with van der Waals surface area (Å²) in [6, 6.07) is 15.0. The van der Waals surface area contributed by atoms with E-state index in [1.54, 1.807) is 59.4 Å². The molecule has 1 spiro atoms. The summed E-state index contributed by atoms with van der Waals surface area (Å²) in [6.07, 6.45) is 1.99. The molecule has 306 valence electrons. The van der Waals surface area contributed by atoms with Crippen molar-refractivity contribution in [1.82, 2.24) is 24.9 Å². The fourth-order valence-electron chi connectivity index (χ4n) is 9.18. The first-order valence-electron chi connectivity index (χ1n) is 19.6. The number of hydrogen-bond acceptors (Lipinski definition) is 9. The highest BCUT2D eigenvalue weighted by Crippen LogP contribution is 2.60. The number of nitrogens with zero attached hydrogens (tertiary/aromatic N) is 5. The van der Waals surface area contributed by atoms with E-state index in [2.05, 4.69) is 16.5 Å². The molecule has 6 fully saturated rings. The highest BCUT2D eigenvalue weighted by atomic mass is 19.4. The Kier molecular flexibility index (Phi) is 10.3. The molecule has 4 saturated heterocycles. The molecular formula is C42H45F3N6O7. The van der Waals surface area contributed by atoms with Gasteiger partial charge >= 0.3 is 12.1 Å². The minimum absolute atomic E-state index is 0.0333. The van der Waals surface area contributed by atoms with Gasteiger partial charge in [0.15, 0.2) is 0 Å². The minimum atomic E-state index is -4.68. The van der Waals surface area contributed by atoms with Crippen molar-refractivity contribution in [2.75, 3.05) is 53.1 Å². The first-order chi connectivity index (χ1) is 27.8. The second-order valence-corrected chi connectivity index (χ2v) is 16.8. The molecule has 16 heteroatoms. The van der Waals surface area contributed by atoms with Crippen LogP contribution in [-0.2, 0) is 30.3 Å². The van der Waals surface area contributed by atoms with E-state index in [4.69, 9.17) is 19.5 Å². The number of halogens is 3. The Balaban J connectivity index is 1.02.